The minimum Gasteiger partial charge on any atom is -0.494 e. The summed E-state index contributed by atoms with van der Waals surface area (Å²) in [7, 11) is 5.52. The smallest absolute Gasteiger partial charge is 0.376 e. The first-order valence-corrected chi connectivity index (χ1v) is 19.3. The Morgan fingerprint density at radius 2 is 0.944 bits per heavy atom. The average molecular weight is 750 g/mol. The summed E-state index contributed by atoms with van der Waals surface area (Å²) in [5.41, 5.74) is 0.201. The molecule has 0 atom stereocenters. The van der Waals surface area contributed by atoms with Gasteiger partial charge in [0.2, 0.25) is 31.4 Å². The lowest BCUT2D eigenvalue weighted by atomic mass is 9.85. The van der Waals surface area contributed by atoms with Gasteiger partial charge in [0.25, 0.3) is 0 Å². The molecule has 0 aliphatic carbocycles. The van der Waals surface area contributed by atoms with Crippen molar-refractivity contribution >= 4 is 67.6 Å². The lowest BCUT2D eigenvalue weighted by Crippen LogP contribution is -2.52. The maximum atomic E-state index is 12.8. The number of carbonyl (C=O) groups excluding carboxylic acids is 4. The van der Waals surface area contributed by atoms with Gasteiger partial charge in [-0.3, -0.25) is 29.0 Å². The molecule has 3 heterocycles. The van der Waals surface area contributed by atoms with Crippen LogP contribution in [-0.4, -0.2) is 248 Å². The highest BCUT2D eigenvalue weighted by atomic mass is 16.5. The van der Waals surface area contributed by atoms with Crippen molar-refractivity contribution in [1.29, 1.82) is 0 Å². The van der Waals surface area contributed by atoms with E-state index in [2.05, 4.69) is 14.7 Å². The molecule has 294 valence electrons. The van der Waals surface area contributed by atoms with Crippen molar-refractivity contribution in [2.24, 2.45) is 0 Å². The fourth-order valence-electron chi connectivity index (χ4n) is 6.72. The molecule has 1 aromatic rings. The molecule has 4 amide bonds. The van der Waals surface area contributed by atoms with Gasteiger partial charge in [0.15, 0.2) is 23.2 Å². The number of fused-ring (bicyclic) bond motifs is 21. The number of hydrogen-bond acceptors (Lipinski definition) is 11. The summed E-state index contributed by atoms with van der Waals surface area (Å²) in [6.45, 7) is 12.5. The molecule has 3 aliphatic heterocycles. The normalized spacial score (nSPS) is 21.2. The highest BCUT2D eigenvalue weighted by Crippen LogP contribution is 2.13. The van der Waals surface area contributed by atoms with E-state index in [0.717, 1.165) is 13.0 Å². The molecule has 0 saturated carbocycles. The summed E-state index contributed by atoms with van der Waals surface area (Å²) in [5.74, 6) is -0.630. The molecule has 3 saturated heterocycles. The largest absolute Gasteiger partial charge is 0.494 e. The molecular weight excluding hydrogens is 690 g/mol. The zero-order chi connectivity index (χ0) is 39.6. The highest BCUT2D eigenvalue weighted by Gasteiger charge is 2.23. The van der Waals surface area contributed by atoms with E-state index in [1.54, 1.807) is 69.9 Å². The molecule has 0 unspecified atom stereocenters. The SMILES string of the molecule is BC(=O)N1CCN2CCN(CCCOc3ccc(C(=O)O)cc3)CCN(B(C)O)CCN(CCN(C(B)=O)CC1)CCN(C(B)=O)CCN(C(B)=O)CC2. The van der Waals surface area contributed by atoms with Crippen LogP contribution in [0.5, 0.6) is 5.75 Å². The molecule has 16 nitrogen and oxygen atoms in total. The van der Waals surface area contributed by atoms with Crippen LogP contribution in [0.1, 0.15) is 16.8 Å². The van der Waals surface area contributed by atoms with Crippen molar-refractivity contribution in [1.82, 2.24) is 39.1 Å². The van der Waals surface area contributed by atoms with E-state index in [4.69, 9.17) is 4.74 Å². The topological polar surface area (TPSA) is 161 Å². The number of carbonyl (C=O) groups is 5. The van der Waals surface area contributed by atoms with Crippen LogP contribution in [0.4, 0.5) is 19.2 Å². The Morgan fingerprint density at radius 3 is 1.33 bits per heavy atom. The summed E-state index contributed by atoms with van der Waals surface area (Å²) < 4.78 is 5.94. The number of aromatic carboxylic acids is 1. The van der Waals surface area contributed by atoms with Crippen molar-refractivity contribution in [2.75, 3.05) is 131 Å². The van der Waals surface area contributed by atoms with Gasteiger partial charge in [0.1, 0.15) is 5.75 Å². The van der Waals surface area contributed by atoms with Crippen LogP contribution in [0.25, 0.3) is 0 Å². The number of ether oxygens (including phenoxy) is 1. The lowest BCUT2D eigenvalue weighted by Gasteiger charge is -2.36. The Labute approximate surface area is 324 Å². The van der Waals surface area contributed by atoms with Crippen molar-refractivity contribution < 1.29 is 38.8 Å². The fourth-order valence-corrected chi connectivity index (χ4v) is 6.72. The molecule has 2 N–H and O–H groups in total. The summed E-state index contributed by atoms with van der Waals surface area (Å²) in [4.78, 5) is 78.4. The average Bonchev–Trinajstić information content (AvgIpc) is 3.11. The van der Waals surface area contributed by atoms with Gasteiger partial charge in [-0.1, -0.05) is 0 Å². The first-order valence-electron chi connectivity index (χ1n) is 19.3. The second-order valence-corrected chi connectivity index (χ2v) is 14.2. The van der Waals surface area contributed by atoms with Gasteiger partial charge in [0, 0.05) is 124 Å². The standard InChI is InChI=1S/C33H59B5N8O8/c1-38(53)46-24-14-39(7-2-26-54-28-5-3-27(4-6-28)29(47)48)8-9-40-10-16-42(30(34)49)20-22-44(32(36)51)18-12-41(15-25-46)13-19-45(33(37)52)23-21-43(17-11-40)31(35)50/h3-6,53H,2,7-26,34-37H2,1H3,(H,47,48). The summed E-state index contributed by atoms with van der Waals surface area (Å²) in [6.07, 6.45) is 0.721. The quantitative estimate of drug-likeness (QED) is 0.212. The Balaban J connectivity index is 1.90. The lowest BCUT2D eigenvalue weighted by molar-refractivity contribution is 0.0696. The second kappa shape index (κ2) is 23.4. The van der Waals surface area contributed by atoms with E-state index in [1.807, 2.05) is 4.81 Å². The fraction of sp³-hybridized carbons (Fsp3) is 0.667. The van der Waals surface area contributed by atoms with E-state index in [0.29, 0.717) is 130 Å². The van der Waals surface area contributed by atoms with Gasteiger partial charge in [-0.15, -0.1) is 0 Å². The van der Waals surface area contributed by atoms with E-state index in [1.165, 1.54) is 12.1 Å². The third-order valence-corrected chi connectivity index (χ3v) is 10.5. The highest BCUT2D eigenvalue weighted by molar-refractivity contribution is 6.58. The predicted molar refractivity (Wildman–Crippen MR) is 220 cm³/mol. The van der Waals surface area contributed by atoms with Crippen LogP contribution < -0.4 is 4.74 Å². The molecule has 4 rings (SSSR count). The van der Waals surface area contributed by atoms with Gasteiger partial charge in [-0.05, 0) is 37.5 Å². The first-order chi connectivity index (χ1) is 25.7. The van der Waals surface area contributed by atoms with Crippen molar-refractivity contribution in [2.45, 2.75) is 13.2 Å². The second-order valence-electron chi connectivity index (χ2n) is 14.2. The van der Waals surface area contributed by atoms with Crippen LogP contribution in [0.3, 0.4) is 0 Å². The zero-order valence-corrected chi connectivity index (χ0v) is 33.2. The van der Waals surface area contributed by atoms with Crippen molar-refractivity contribution in [3.63, 3.8) is 0 Å². The van der Waals surface area contributed by atoms with Gasteiger partial charge in [-0.2, -0.15) is 0 Å². The van der Waals surface area contributed by atoms with Gasteiger partial charge >= 0.3 is 13.0 Å². The first kappa shape index (κ1) is 44.9. The number of amides is 4. The third kappa shape index (κ3) is 16.1. The van der Waals surface area contributed by atoms with E-state index in [9.17, 15) is 34.1 Å². The van der Waals surface area contributed by atoms with Gasteiger partial charge in [-0.25, -0.2) is 4.79 Å². The van der Waals surface area contributed by atoms with Crippen molar-refractivity contribution in [3.05, 3.63) is 29.8 Å². The van der Waals surface area contributed by atoms with Crippen LogP contribution in [0.2, 0.25) is 6.82 Å². The van der Waals surface area contributed by atoms with Crippen LogP contribution in [-0.2, 0) is 0 Å². The summed E-state index contributed by atoms with van der Waals surface area (Å²) in [6, 6.07) is 6.36. The van der Waals surface area contributed by atoms with Gasteiger partial charge < -0.3 is 44.2 Å². The molecule has 0 spiro atoms. The number of hydrogen-bond donors (Lipinski definition) is 2. The Morgan fingerprint density at radius 1 is 0.593 bits per heavy atom. The van der Waals surface area contributed by atoms with Crippen molar-refractivity contribution in [3.8, 4) is 5.75 Å². The molecule has 0 aromatic heterocycles. The van der Waals surface area contributed by atoms with E-state index >= 15 is 0 Å². The van der Waals surface area contributed by atoms with Gasteiger partial charge in [0.05, 0.1) is 12.2 Å². The maximum absolute atomic E-state index is 12.8. The van der Waals surface area contributed by atoms with Crippen LogP contribution in [0.15, 0.2) is 24.3 Å². The number of carboxylic acid groups (broad SMARTS) is 1. The summed E-state index contributed by atoms with van der Waals surface area (Å²) in [5, 5.41) is 20.1. The van der Waals surface area contributed by atoms with E-state index < -0.39 is 13.0 Å². The minimum atomic E-state index is -0.987. The van der Waals surface area contributed by atoms with Crippen LogP contribution >= 0.6 is 0 Å². The van der Waals surface area contributed by atoms with Crippen LogP contribution in [0, 0.1) is 0 Å². The monoisotopic (exact) mass is 750 g/mol. The molecule has 3 aliphatic rings. The summed E-state index contributed by atoms with van der Waals surface area (Å²) >= 11 is 0. The number of rotatable bonds is 7. The molecule has 54 heavy (non-hydrogen) atoms. The van der Waals surface area contributed by atoms with E-state index in [-0.39, 0.29) is 28.8 Å². The zero-order valence-electron chi connectivity index (χ0n) is 33.2. The Bertz CT molecular complexity index is 1320. The Kier molecular flexibility index (Phi) is 19.5. The third-order valence-electron chi connectivity index (χ3n) is 10.5. The molecule has 0 radical (unpaired) electrons. The minimum absolute atomic E-state index is 0.0592. The molecular formula is C33H59B5N8O8. The predicted octanol–water partition coefficient (Wildman–Crippen LogP) is -3.28. The molecule has 1 aromatic carbocycles. The number of nitrogens with zero attached hydrogens (tertiary/aromatic N) is 8. The maximum Gasteiger partial charge on any atom is 0.376 e. The molecule has 3 fully saturated rings. The number of benzene rings is 1. The molecule has 21 heteroatoms. The number of carboxylic acids is 1. The molecule has 2 bridgehead atoms. The Hall–Kier alpha value is -3.51.